The summed E-state index contributed by atoms with van der Waals surface area (Å²) in [7, 11) is -3.99. The van der Waals surface area contributed by atoms with E-state index in [-0.39, 0.29) is 35.4 Å². The van der Waals surface area contributed by atoms with Crippen LogP contribution in [0.2, 0.25) is 0 Å². The van der Waals surface area contributed by atoms with Gasteiger partial charge in [0.15, 0.2) is 0 Å². The van der Waals surface area contributed by atoms with Crippen LogP contribution in [0.5, 0.6) is 5.19 Å². The number of aromatic nitrogens is 1. The number of alkyl carbamates (subject to hydrolysis) is 1. The Morgan fingerprint density at radius 1 is 1.07 bits per heavy atom. The van der Waals surface area contributed by atoms with Crippen molar-refractivity contribution in [3.8, 4) is 15.6 Å². The van der Waals surface area contributed by atoms with Crippen molar-refractivity contribution < 1.29 is 37.0 Å². The van der Waals surface area contributed by atoms with Crippen molar-refractivity contribution in [2.45, 2.75) is 96.3 Å². The first-order valence-corrected chi connectivity index (χ1v) is 15.3. The van der Waals surface area contributed by atoms with E-state index in [0.717, 1.165) is 0 Å². The zero-order valence-electron chi connectivity index (χ0n) is 23.8. The maximum absolute atomic E-state index is 13.4. The largest absolute Gasteiger partial charge is 0.447 e. The third-order valence-electron chi connectivity index (χ3n) is 5.18. The molecule has 1 aromatic carbocycles. The molecule has 12 nitrogen and oxygen atoms in total. The Hall–Kier alpha value is -2.94. The molecule has 1 aliphatic rings. The number of ether oxygens (including phenoxy) is 4. The van der Waals surface area contributed by atoms with Crippen molar-refractivity contribution in [1.29, 1.82) is 0 Å². The van der Waals surface area contributed by atoms with E-state index in [4.69, 9.17) is 18.9 Å². The van der Waals surface area contributed by atoms with Gasteiger partial charge in [0.1, 0.15) is 0 Å². The van der Waals surface area contributed by atoms with Crippen LogP contribution in [0.3, 0.4) is 0 Å². The van der Waals surface area contributed by atoms with Crippen molar-refractivity contribution in [3.05, 3.63) is 24.4 Å². The molecule has 0 aliphatic carbocycles. The first-order valence-electron chi connectivity index (χ1n) is 13.0. The predicted octanol–water partition coefficient (Wildman–Crippen LogP) is 4.86. The van der Waals surface area contributed by atoms with Crippen LogP contribution in [0.15, 0.2) is 29.3 Å². The van der Waals surface area contributed by atoms with Crippen molar-refractivity contribution >= 4 is 39.2 Å². The van der Waals surface area contributed by atoms with E-state index in [9.17, 15) is 18.0 Å². The summed E-state index contributed by atoms with van der Waals surface area (Å²) in [6.07, 6.45) is 0.380. The SMILES string of the molecule is CC(C)OC(=O)Nc1ccc(-c2cnc(OC3CC[C@H](NC(=O)OC(C)C)CO3)s2)c(S(=O)(=O)NC(C)(C)C)c1. The fourth-order valence-corrected chi connectivity index (χ4v) is 6.32. The molecule has 0 saturated carbocycles. The summed E-state index contributed by atoms with van der Waals surface area (Å²) in [5, 5.41) is 5.65. The molecule has 2 atom stereocenters. The highest BCUT2D eigenvalue weighted by molar-refractivity contribution is 7.89. The lowest BCUT2D eigenvalue weighted by molar-refractivity contribution is -0.115. The predicted molar refractivity (Wildman–Crippen MR) is 151 cm³/mol. The summed E-state index contributed by atoms with van der Waals surface area (Å²) in [5.41, 5.74) is -0.0839. The number of anilines is 1. The van der Waals surface area contributed by atoms with E-state index in [1.165, 1.54) is 23.6 Å². The van der Waals surface area contributed by atoms with Gasteiger partial charge in [-0.15, -0.1) is 0 Å². The van der Waals surface area contributed by atoms with Gasteiger partial charge in [-0.2, -0.15) is 0 Å². The molecule has 0 spiro atoms. The molecule has 2 amide bonds. The Morgan fingerprint density at radius 2 is 1.75 bits per heavy atom. The Morgan fingerprint density at radius 3 is 2.35 bits per heavy atom. The number of benzene rings is 1. The van der Waals surface area contributed by atoms with Gasteiger partial charge in [-0.25, -0.2) is 27.7 Å². The number of hydrogen-bond acceptors (Lipinski definition) is 10. The molecule has 2 heterocycles. The second-order valence-electron chi connectivity index (χ2n) is 10.9. The van der Waals surface area contributed by atoms with Crippen LogP contribution >= 0.6 is 11.3 Å². The van der Waals surface area contributed by atoms with Crippen molar-refractivity contribution in [3.63, 3.8) is 0 Å². The van der Waals surface area contributed by atoms with Crippen LogP contribution in [0.25, 0.3) is 10.4 Å². The Bertz CT molecular complexity index is 1280. The summed E-state index contributed by atoms with van der Waals surface area (Å²) in [5.74, 6) is 0. The Balaban J connectivity index is 1.76. The summed E-state index contributed by atoms with van der Waals surface area (Å²) >= 11 is 1.17. The number of carbonyl (C=O) groups is 2. The molecule has 3 N–H and O–H groups in total. The normalized spacial score (nSPS) is 17.9. The van der Waals surface area contributed by atoms with E-state index in [2.05, 4.69) is 20.3 Å². The van der Waals surface area contributed by atoms with Gasteiger partial charge >= 0.3 is 12.2 Å². The van der Waals surface area contributed by atoms with Crippen molar-refractivity contribution in [2.24, 2.45) is 0 Å². The zero-order chi connectivity index (χ0) is 29.7. The maximum Gasteiger partial charge on any atom is 0.411 e. The monoisotopic (exact) mass is 598 g/mol. The lowest BCUT2D eigenvalue weighted by Crippen LogP contribution is -2.44. The first kappa shape index (κ1) is 31.6. The van der Waals surface area contributed by atoms with E-state index < -0.39 is 34.0 Å². The summed E-state index contributed by atoms with van der Waals surface area (Å²) in [6.45, 7) is 12.5. The van der Waals surface area contributed by atoms with Crippen LogP contribution in [0.4, 0.5) is 15.3 Å². The highest BCUT2D eigenvalue weighted by Crippen LogP contribution is 2.37. The smallest absolute Gasteiger partial charge is 0.411 e. The number of nitrogens with zero attached hydrogens (tertiary/aromatic N) is 1. The zero-order valence-corrected chi connectivity index (χ0v) is 25.4. The molecular formula is C26H38N4O8S2. The third-order valence-corrected chi connectivity index (χ3v) is 7.90. The molecule has 1 aliphatic heterocycles. The van der Waals surface area contributed by atoms with Crippen LogP contribution in [-0.2, 0) is 24.2 Å². The molecule has 1 fully saturated rings. The molecule has 0 radical (unpaired) electrons. The topological polar surface area (TPSA) is 154 Å². The molecule has 14 heteroatoms. The van der Waals surface area contributed by atoms with Gasteiger partial charge in [0.2, 0.25) is 16.3 Å². The number of carbonyl (C=O) groups excluding carboxylic acids is 2. The highest BCUT2D eigenvalue weighted by Gasteiger charge is 2.28. The van der Waals surface area contributed by atoms with Gasteiger partial charge in [-0.1, -0.05) is 17.4 Å². The molecule has 1 aromatic heterocycles. The Kier molecular flexibility index (Phi) is 10.4. The summed E-state index contributed by atoms with van der Waals surface area (Å²) < 4.78 is 51.3. The second kappa shape index (κ2) is 13.1. The number of sulfonamides is 1. The molecular weight excluding hydrogens is 560 g/mol. The molecule has 222 valence electrons. The molecule has 0 bridgehead atoms. The average Bonchev–Trinajstić information content (AvgIpc) is 3.26. The van der Waals surface area contributed by atoms with Gasteiger partial charge in [-0.3, -0.25) is 5.32 Å². The summed E-state index contributed by atoms with van der Waals surface area (Å²) in [4.78, 5) is 28.8. The van der Waals surface area contributed by atoms with E-state index in [1.54, 1.807) is 60.6 Å². The van der Waals surface area contributed by atoms with Gasteiger partial charge < -0.3 is 24.3 Å². The average molecular weight is 599 g/mol. The third kappa shape index (κ3) is 9.61. The molecule has 1 unspecified atom stereocenters. The maximum atomic E-state index is 13.4. The minimum Gasteiger partial charge on any atom is -0.447 e. The first-order chi connectivity index (χ1) is 18.6. The van der Waals surface area contributed by atoms with Crippen molar-refractivity contribution in [1.82, 2.24) is 15.0 Å². The molecule has 1 saturated heterocycles. The van der Waals surface area contributed by atoms with Crippen LogP contribution in [-0.4, -0.2) is 62.3 Å². The lowest BCUT2D eigenvalue weighted by Gasteiger charge is -2.28. The van der Waals surface area contributed by atoms with E-state index in [1.807, 2.05) is 0 Å². The number of thiazole rings is 1. The van der Waals surface area contributed by atoms with Gasteiger partial charge in [0, 0.05) is 29.4 Å². The van der Waals surface area contributed by atoms with E-state index in [0.29, 0.717) is 28.5 Å². The number of amides is 2. The molecule has 2 aromatic rings. The van der Waals surface area contributed by atoms with Crippen molar-refractivity contribution in [2.75, 3.05) is 11.9 Å². The number of nitrogens with one attached hydrogen (secondary N) is 3. The number of rotatable bonds is 9. The summed E-state index contributed by atoms with van der Waals surface area (Å²) in [6, 6.07) is 4.39. The highest BCUT2D eigenvalue weighted by atomic mass is 32.2. The van der Waals surface area contributed by atoms with Crippen LogP contribution in [0, 0.1) is 0 Å². The van der Waals surface area contributed by atoms with Crippen LogP contribution < -0.4 is 20.1 Å². The van der Waals surface area contributed by atoms with Gasteiger partial charge in [-0.05, 0) is 67.0 Å². The fraction of sp³-hybridized carbons (Fsp3) is 0.577. The van der Waals surface area contributed by atoms with Gasteiger partial charge in [0.25, 0.3) is 5.19 Å². The Labute approximate surface area is 239 Å². The standard InChI is InChI=1S/C26H38N4O8S2/c1-15(2)36-23(31)28-17-8-10-19(21(12-17)40(33,34)30-26(5,6)7)20-13-27-25(39-20)38-22-11-9-18(14-35-22)29-24(32)37-16(3)4/h8,10,12-13,15-16,18,22,30H,9,11,14H2,1-7H3,(H,28,31)(H,29,32)/t18-,22?/m0/s1. The lowest BCUT2D eigenvalue weighted by atomic mass is 10.1. The minimum absolute atomic E-state index is 0.0314. The second-order valence-corrected chi connectivity index (χ2v) is 13.5. The number of hydrogen-bond donors (Lipinski definition) is 3. The fourth-order valence-electron chi connectivity index (χ4n) is 3.74. The quantitative estimate of drug-likeness (QED) is 0.367. The van der Waals surface area contributed by atoms with Crippen LogP contribution in [0.1, 0.15) is 61.3 Å². The molecule has 3 rings (SSSR count). The van der Waals surface area contributed by atoms with E-state index >= 15 is 0 Å². The van der Waals surface area contributed by atoms with Gasteiger partial charge in [0.05, 0.1) is 34.6 Å². The minimum atomic E-state index is -3.99. The molecule has 40 heavy (non-hydrogen) atoms.